The molecular formula is C23H28N2O2. The van der Waals surface area contributed by atoms with E-state index in [1.165, 1.54) is 16.7 Å². The van der Waals surface area contributed by atoms with E-state index in [0.717, 1.165) is 30.4 Å². The summed E-state index contributed by atoms with van der Waals surface area (Å²) in [5, 5.41) is 0. The molecule has 1 atom stereocenters. The zero-order valence-electron chi connectivity index (χ0n) is 16.1. The third kappa shape index (κ3) is 5.28. The van der Waals surface area contributed by atoms with Crippen LogP contribution in [0.15, 0.2) is 65.9 Å². The molecule has 0 saturated heterocycles. The first kappa shape index (κ1) is 19.3. The number of ether oxygens (including phenoxy) is 1. The van der Waals surface area contributed by atoms with E-state index in [9.17, 15) is 4.79 Å². The molecule has 0 radical (unpaired) electrons. The Morgan fingerprint density at radius 2 is 1.70 bits per heavy atom. The lowest BCUT2D eigenvalue weighted by Gasteiger charge is -2.12. The van der Waals surface area contributed by atoms with E-state index in [2.05, 4.69) is 61.1 Å². The summed E-state index contributed by atoms with van der Waals surface area (Å²) in [4.78, 5) is 11.3. The van der Waals surface area contributed by atoms with E-state index in [1.54, 1.807) is 0 Å². The minimum Gasteiger partial charge on any atom is -0.376 e. The highest BCUT2D eigenvalue weighted by molar-refractivity contribution is 5.65. The number of aldehydes is 1. The molecule has 1 aliphatic rings. The Morgan fingerprint density at radius 1 is 1.00 bits per heavy atom. The Morgan fingerprint density at radius 3 is 2.37 bits per heavy atom. The number of carbonyl (C=O) groups excluding carboxylic acids is 1. The topological polar surface area (TPSA) is 50.4 Å². The molecule has 27 heavy (non-hydrogen) atoms. The van der Waals surface area contributed by atoms with Gasteiger partial charge >= 0.3 is 0 Å². The Bertz CT molecular complexity index is 767. The minimum atomic E-state index is -0.242. The van der Waals surface area contributed by atoms with Gasteiger partial charge in [0.2, 0.25) is 0 Å². The number of rotatable bonds is 9. The van der Waals surface area contributed by atoms with E-state index in [1.807, 2.05) is 18.2 Å². The van der Waals surface area contributed by atoms with Crippen molar-refractivity contribution in [3.8, 4) is 0 Å². The maximum atomic E-state index is 11.3. The van der Waals surface area contributed by atoms with Crippen LogP contribution >= 0.6 is 0 Å². The molecule has 142 valence electrons. The summed E-state index contributed by atoms with van der Waals surface area (Å²) in [6.45, 7) is 5.63. The highest BCUT2D eigenvalue weighted by atomic mass is 16.5. The zero-order valence-corrected chi connectivity index (χ0v) is 16.1. The summed E-state index contributed by atoms with van der Waals surface area (Å²) < 4.78 is 5.77. The number of hydrogen-bond donors (Lipinski definition) is 2. The fourth-order valence-electron chi connectivity index (χ4n) is 3.32. The highest BCUT2D eigenvalue weighted by Crippen LogP contribution is 2.23. The average molecular weight is 364 g/mol. The van der Waals surface area contributed by atoms with Gasteiger partial charge in [-0.2, -0.15) is 0 Å². The number of carbonyl (C=O) groups is 1. The van der Waals surface area contributed by atoms with Crippen LogP contribution in [0, 0.1) is 5.92 Å². The van der Waals surface area contributed by atoms with Crippen molar-refractivity contribution in [2.24, 2.45) is 5.92 Å². The molecule has 1 aliphatic heterocycles. The van der Waals surface area contributed by atoms with Gasteiger partial charge in [0.15, 0.2) is 0 Å². The predicted octanol–water partition coefficient (Wildman–Crippen LogP) is 3.57. The van der Waals surface area contributed by atoms with Crippen molar-refractivity contribution in [3.63, 3.8) is 0 Å². The van der Waals surface area contributed by atoms with Crippen LogP contribution in [0.1, 0.15) is 30.5 Å². The van der Waals surface area contributed by atoms with Crippen LogP contribution in [0.2, 0.25) is 0 Å². The summed E-state index contributed by atoms with van der Waals surface area (Å²) in [6, 6.07) is 18.6. The number of allylic oxidation sites excluding steroid dienone is 1. The Labute approximate surface area is 161 Å². The molecule has 4 heteroatoms. The largest absolute Gasteiger partial charge is 0.376 e. The van der Waals surface area contributed by atoms with Gasteiger partial charge in [-0.25, -0.2) is 5.43 Å². The summed E-state index contributed by atoms with van der Waals surface area (Å²) >= 11 is 0. The van der Waals surface area contributed by atoms with Crippen molar-refractivity contribution in [2.45, 2.75) is 39.3 Å². The second kappa shape index (κ2) is 9.49. The first-order valence-corrected chi connectivity index (χ1v) is 9.56. The number of nitrogens with one attached hydrogen (secondary N) is 2. The Balaban J connectivity index is 1.52. The third-order valence-corrected chi connectivity index (χ3v) is 4.86. The standard InChI is InChI=1S/C23H28N2O2/c1-17(2)23-21(22(15-26)24-25-23)14-19-10-8-18(9-11-19)12-13-27-16-20-6-4-3-5-7-20/h3-11,15,17,22,24-25H,12-14,16H2,1-2H3. The zero-order chi connectivity index (χ0) is 19.1. The molecule has 1 unspecified atom stereocenters. The molecule has 0 bridgehead atoms. The van der Waals surface area contributed by atoms with Crippen molar-refractivity contribution in [3.05, 3.63) is 82.6 Å². The van der Waals surface area contributed by atoms with Crippen LogP contribution < -0.4 is 10.9 Å². The van der Waals surface area contributed by atoms with E-state index >= 15 is 0 Å². The van der Waals surface area contributed by atoms with Crippen molar-refractivity contribution in [1.29, 1.82) is 0 Å². The highest BCUT2D eigenvalue weighted by Gasteiger charge is 2.25. The SMILES string of the molecule is CC(C)C1=C(Cc2ccc(CCOCc3ccccc3)cc2)C(C=O)NN1. The fraction of sp³-hybridized carbons (Fsp3) is 0.348. The first-order valence-electron chi connectivity index (χ1n) is 9.56. The molecule has 0 amide bonds. The molecule has 3 rings (SSSR count). The van der Waals surface area contributed by atoms with Gasteiger partial charge in [0.1, 0.15) is 12.3 Å². The molecule has 2 N–H and O–H groups in total. The van der Waals surface area contributed by atoms with Crippen molar-refractivity contribution in [1.82, 2.24) is 10.9 Å². The molecular weight excluding hydrogens is 336 g/mol. The van der Waals surface area contributed by atoms with E-state index in [-0.39, 0.29) is 6.04 Å². The second-order valence-corrected chi connectivity index (χ2v) is 7.26. The average Bonchev–Trinajstić information content (AvgIpc) is 3.10. The van der Waals surface area contributed by atoms with Gasteiger partial charge in [0, 0.05) is 5.70 Å². The fourth-order valence-corrected chi connectivity index (χ4v) is 3.32. The third-order valence-electron chi connectivity index (χ3n) is 4.86. The molecule has 2 aromatic rings. The lowest BCUT2D eigenvalue weighted by molar-refractivity contribution is -0.108. The number of hydrogen-bond acceptors (Lipinski definition) is 4. The molecule has 4 nitrogen and oxygen atoms in total. The van der Waals surface area contributed by atoms with E-state index in [0.29, 0.717) is 19.1 Å². The van der Waals surface area contributed by atoms with Crippen LogP contribution in [-0.2, 0) is 29.0 Å². The summed E-state index contributed by atoms with van der Waals surface area (Å²) in [7, 11) is 0. The van der Waals surface area contributed by atoms with Gasteiger partial charge in [0.25, 0.3) is 0 Å². The molecule has 0 fully saturated rings. The van der Waals surface area contributed by atoms with Crippen molar-refractivity contribution in [2.75, 3.05) is 6.61 Å². The van der Waals surface area contributed by atoms with Crippen LogP contribution in [0.5, 0.6) is 0 Å². The van der Waals surface area contributed by atoms with Crippen LogP contribution in [0.3, 0.4) is 0 Å². The number of hydrazine groups is 1. The Kier molecular flexibility index (Phi) is 6.80. The second-order valence-electron chi connectivity index (χ2n) is 7.26. The van der Waals surface area contributed by atoms with E-state index in [4.69, 9.17) is 4.74 Å². The molecule has 1 heterocycles. The van der Waals surface area contributed by atoms with Crippen LogP contribution in [-0.4, -0.2) is 18.9 Å². The van der Waals surface area contributed by atoms with Gasteiger partial charge in [-0.15, -0.1) is 0 Å². The maximum Gasteiger partial charge on any atom is 0.142 e. The maximum absolute atomic E-state index is 11.3. The predicted molar refractivity (Wildman–Crippen MR) is 108 cm³/mol. The summed E-state index contributed by atoms with van der Waals surface area (Å²) in [5.74, 6) is 0.360. The monoisotopic (exact) mass is 364 g/mol. The lowest BCUT2D eigenvalue weighted by atomic mass is 9.94. The van der Waals surface area contributed by atoms with Gasteiger partial charge in [-0.05, 0) is 41.0 Å². The molecule has 2 aromatic carbocycles. The van der Waals surface area contributed by atoms with E-state index < -0.39 is 0 Å². The molecule has 0 aromatic heterocycles. The molecule has 0 spiro atoms. The summed E-state index contributed by atoms with van der Waals surface area (Å²) in [6.07, 6.45) is 2.64. The van der Waals surface area contributed by atoms with Gasteiger partial charge in [0.05, 0.1) is 13.2 Å². The van der Waals surface area contributed by atoms with Crippen LogP contribution in [0.4, 0.5) is 0 Å². The molecule has 0 aliphatic carbocycles. The normalized spacial score (nSPS) is 16.6. The lowest BCUT2D eigenvalue weighted by Crippen LogP contribution is -2.34. The van der Waals surface area contributed by atoms with Crippen molar-refractivity contribution >= 4 is 6.29 Å². The number of benzene rings is 2. The smallest absolute Gasteiger partial charge is 0.142 e. The molecule has 0 saturated carbocycles. The Hall–Kier alpha value is -2.43. The first-order chi connectivity index (χ1) is 13.2. The quantitative estimate of drug-likeness (QED) is 0.528. The van der Waals surface area contributed by atoms with Gasteiger partial charge in [-0.3, -0.25) is 0 Å². The summed E-state index contributed by atoms with van der Waals surface area (Å²) in [5.41, 5.74) is 12.2. The minimum absolute atomic E-state index is 0.242. The van der Waals surface area contributed by atoms with Crippen LogP contribution in [0.25, 0.3) is 0 Å². The van der Waals surface area contributed by atoms with Crippen molar-refractivity contribution < 1.29 is 9.53 Å². The van der Waals surface area contributed by atoms with Gasteiger partial charge < -0.3 is 15.0 Å². The van der Waals surface area contributed by atoms with Gasteiger partial charge in [-0.1, -0.05) is 68.4 Å².